The van der Waals surface area contributed by atoms with E-state index in [4.69, 9.17) is 28.5 Å². The fourth-order valence-corrected chi connectivity index (χ4v) is 1.34. The zero-order valence-electron chi connectivity index (χ0n) is 8.82. The van der Waals surface area contributed by atoms with Gasteiger partial charge in [-0.15, -0.1) is 0 Å². The van der Waals surface area contributed by atoms with E-state index < -0.39 is 0 Å². The van der Waals surface area contributed by atoms with Crippen LogP contribution in [0, 0.1) is 11.3 Å². The van der Waals surface area contributed by atoms with E-state index in [1.165, 1.54) is 13.3 Å². The number of hydrogen-bond donors (Lipinski definition) is 1. The highest BCUT2D eigenvalue weighted by molar-refractivity contribution is 6.38. The molecule has 0 unspecified atom stereocenters. The molecule has 0 saturated carbocycles. The lowest BCUT2D eigenvalue weighted by atomic mass is 10.3. The maximum atomic E-state index is 8.72. The lowest BCUT2D eigenvalue weighted by Gasteiger charge is -2.02. The van der Waals surface area contributed by atoms with Gasteiger partial charge in [-0.05, 0) is 18.2 Å². The molecule has 1 rings (SSSR count). The molecule has 0 aliphatic carbocycles. The van der Waals surface area contributed by atoms with E-state index in [-0.39, 0.29) is 5.71 Å². The second-order valence-corrected chi connectivity index (χ2v) is 3.61. The summed E-state index contributed by atoms with van der Waals surface area (Å²) < 4.78 is 0. The minimum Gasteiger partial charge on any atom is -0.399 e. The molecule has 0 aliphatic rings. The van der Waals surface area contributed by atoms with Gasteiger partial charge in [-0.3, -0.25) is 5.43 Å². The summed E-state index contributed by atoms with van der Waals surface area (Å²) in [5.41, 5.74) is 3.22. The van der Waals surface area contributed by atoms with Crippen LogP contribution < -0.4 is 5.43 Å². The molecule has 0 amide bonds. The fourth-order valence-electron chi connectivity index (χ4n) is 0.886. The number of anilines is 1. The summed E-state index contributed by atoms with van der Waals surface area (Å²) in [6, 6.07) is 6.70. The maximum absolute atomic E-state index is 8.72. The van der Waals surface area contributed by atoms with E-state index in [1.54, 1.807) is 18.2 Å². The lowest BCUT2D eigenvalue weighted by Crippen LogP contribution is -2.01. The Morgan fingerprint density at radius 2 is 2.29 bits per heavy atom. The smallest absolute Gasteiger partial charge is 0.182 e. The summed E-state index contributed by atoms with van der Waals surface area (Å²) in [6.07, 6.45) is 1.18. The zero-order valence-corrected chi connectivity index (χ0v) is 10.3. The maximum Gasteiger partial charge on any atom is 0.182 e. The summed E-state index contributed by atoms with van der Waals surface area (Å²) in [6.45, 7) is 0. The van der Waals surface area contributed by atoms with Crippen LogP contribution in [-0.2, 0) is 4.84 Å². The molecular formula is C10H8Cl2N4O. The molecule has 0 heterocycles. The molecule has 1 aromatic rings. The summed E-state index contributed by atoms with van der Waals surface area (Å²) in [4.78, 5) is 4.43. The first-order valence-electron chi connectivity index (χ1n) is 4.42. The van der Waals surface area contributed by atoms with Crippen molar-refractivity contribution in [2.45, 2.75) is 0 Å². The van der Waals surface area contributed by atoms with Gasteiger partial charge in [0.2, 0.25) is 0 Å². The van der Waals surface area contributed by atoms with Crippen LogP contribution >= 0.6 is 23.2 Å². The molecular weight excluding hydrogens is 263 g/mol. The van der Waals surface area contributed by atoms with Crippen molar-refractivity contribution in [1.82, 2.24) is 0 Å². The molecule has 17 heavy (non-hydrogen) atoms. The highest BCUT2D eigenvalue weighted by Crippen LogP contribution is 2.25. The Balaban J connectivity index is 2.81. The first-order valence-corrected chi connectivity index (χ1v) is 5.18. The Kier molecular flexibility index (Phi) is 5.27. The second kappa shape index (κ2) is 6.74. The number of rotatable bonds is 4. The van der Waals surface area contributed by atoms with Gasteiger partial charge in [-0.2, -0.15) is 10.4 Å². The van der Waals surface area contributed by atoms with Gasteiger partial charge in [0.05, 0.1) is 10.7 Å². The highest BCUT2D eigenvalue weighted by atomic mass is 35.5. The van der Waals surface area contributed by atoms with Gasteiger partial charge in [-0.25, -0.2) is 0 Å². The second-order valence-electron chi connectivity index (χ2n) is 2.76. The molecule has 0 spiro atoms. The number of nitrogens with one attached hydrogen (secondary N) is 1. The standard InChI is InChI=1S/C10H8Cl2N4O/c1-17-14-6-8(5-13)15-16-10-3-2-7(11)4-9(10)12/h2-4,6,16H,1H3/b14-6-,15-8-. The van der Waals surface area contributed by atoms with E-state index >= 15 is 0 Å². The quantitative estimate of drug-likeness (QED) is 0.676. The van der Waals surface area contributed by atoms with Gasteiger partial charge >= 0.3 is 0 Å². The minimum absolute atomic E-state index is 0.0536. The molecule has 5 nitrogen and oxygen atoms in total. The molecule has 0 atom stereocenters. The predicted molar refractivity (Wildman–Crippen MR) is 68.6 cm³/mol. The van der Waals surface area contributed by atoms with Crippen LogP contribution in [0.2, 0.25) is 10.0 Å². The van der Waals surface area contributed by atoms with Gasteiger partial charge < -0.3 is 4.84 Å². The van der Waals surface area contributed by atoms with E-state index in [0.717, 1.165) is 0 Å². The van der Waals surface area contributed by atoms with Gasteiger partial charge in [0.15, 0.2) is 5.71 Å². The summed E-state index contributed by atoms with van der Waals surface area (Å²) >= 11 is 11.6. The van der Waals surface area contributed by atoms with Crippen LogP contribution in [0.1, 0.15) is 0 Å². The summed E-state index contributed by atoms with van der Waals surface area (Å²) in [5, 5.41) is 16.9. The number of benzene rings is 1. The molecule has 0 aliphatic heterocycles. The summed E-state index contributed by atoms with van der Waals surface area (Å²) in [7, 11) is 1.37. The number of hydrazone groups is 1. The fraction of sp³-hybridized carbons (Fsp3) is 0.100. The third-order valence-electron chi connectivity index (χ3n) is 1.62. The third kappa shape index (κ3) is 4.31. The van der Waals surface area contributed by atoms with Crippen molar-refractivity contribution in [3.8, 4) is 6.07 Å². The number of nitriles is 1. The monoisotopic (exact) mass is 270 g/mol. The van der Waals surface area contributed by atoms with Crippen LogP contribution in [0.4, 0.5) is 5.69 Å². The number of hydrogen-bond acceptors (Lipinski definition) is 5. The topological polar surface area (TPSA) is 69.8 Å². The Bertz CT molecular complexity index is 494. The normalized spacial score (nSPS) is 11.3. The van der Waals surface area contributed by atoms with Crippen molar-refractivity contribution in [2.24, 2.45) is 10.3 Å². The molecule has 0 radical (unpaired) electrons. The molecule has 1 N–H and O–H groups in total. The van der Waals surface area contributed by atoms with Gasteiger partial charge in [0, 0.05) is 5.02 Å². The molecule has 0 fully saturated rings. The molecule has 88 valence electrons. The van der Waals surface area contributed by atoms with Crippen LogP contribution in [0.15, 0.2) is 28.5 Å². The first kappa shape index (κ1) is 13.3. The number of oxime groups is 1. The van der Waals surface area contributed by atoms with Crippen molar-refractivity contribution in [2.75, 3.05) is 12.5 Å². The largest absolute Gasteiger partial charge is 0.399 e. The SMILES string of the molecule is CO/N=C\C(C#N)=N/Nc1ccc(Cl)cc1Cl. The molecule has 0 saturated heterocycles. The van der Waals surface area contributed by atoms with Crippen molar-refractivity contribution >= 4 is 40.8 Å². The van der Waals surface area contributed by atoms with Crippen molar-refractivity contribution in [1.29, 1.82) is 5.26 Å². The van der Waals surface area contributed by atoms with E-state index in [0.29, 0.717) is 15.7 Å². The lowest BCUT2D eigenvalue weighted by molar-refractivity contribution is 0.216. The Labute approximate surface area is 108 Å². The molecule has 0 bridgehead atoms. The van der Waals surface area contributed by atoms with Gasteiger partial charge in [0.25, 0.3) is 0 Å². The van der Waals surface area contributed by atoms with E-state index in [2.05, 4.69) is 20.5 Å². The van der Waals surface area contributed by atoms with E-state index in [1.807, 2.05) is 6.07 Å². The zero-order chi connectivity index (χ0) is 12.7. The average molecular weight is 271 g/mol. The van der Waals surface area contributed by atoms with Crippen molar-refractivity contribution in [3.63, 3.8) is 0 Å². The molecule has 7 heteroatoms. The average Bonchev–Trinajstić information content (AvgIpc) is 2.31. The van der Waals surface area contributed by atoms with Crippen LogP contribution in [0.5, 0.6) is 0 Å². The summed E-state index contributed by atoms with van der Waals surface area (Å²) in [5.74, 6) is 0. The third-order valence-corrected chi connectivity index (χ3v) is 2.17. The number of halogens is 2. The number of nitrogens with zero attached hydrogens (tertiary/aromatic N) is 3. The Hall–Kier alpha value is -1.77. The van der Waals surface area contributed by atoms with Gasteiger partial charge in [-0.1, -0.05) is 28.4 Å². The predicted octanol–water partition coefficient (Wildman–Crippen LogP) is 2.92. The van der Waals surface area contributed by atoms with Crippen molar-refractivity contribution in [3.05, 3.63) is 28.2 Å². The van der Waals surface area contributed by atoms with Crippen LogP contribution in [0.3, 0.4) is 0 Å². The Morgan fingerprint density at radius 1 is 1.53 bits per heavy atom. The van der Waals surface area contributed by atoms with Crippen molar-refractivity contribution < 1.29 is 4.84 Å². The Morgan fingerprint density at radius 3 is 2.88 bits per heavy atom. The van der Waals surface area contributed by atoms with Crippen LogP contribution in [-0.4, -0.2) is 19.0 Å². The van der Waals surface area contributed by atoms with Crippen LogP contribution in [0.25, 0.3) is 0 Å². The minimum atomic E-state index is 0.0536. The molecule has 0 aromatic heterocycles. The van der Waals surface area contributed by atoms with E-state index in [9.17, 15) is 0 Å². The molecule has 1 aromatic carbocycles. The first-order chi connectivity index (χ1) is 8.17. The highest BCUT2D eigenvalue weighted by Gasteiger charge is 2.00. The van der Waals surface area contributed by atoms with Gasteiger partial charge in [0.1, 0.15) is 19.4 Å².